The monoisotopic (exact) mass is 271 g/mol. The number of nitrogens with zero attached hydrogens (tertiary/aromatic N) is 1. The Morgan fingerprint density at radius 1 is 1.25 bits per heavy atom. The van der Waals surface area contributed by atoms with E-state index in [4.69, 9.17) is 4.99 Å². The molecule has 0 amide bonds. The number of fused-ring (bicyclic) bond motifs is 1. The molecule has 1 fully saturated rings. The van der Waals surface area contributed by atoms with Crippen molar-refractivity contribution in [2.45, 2.75) is 51.0 Å². The molecule has 0 heterocycles. The molecule has 1 saturated carbocycles. The van der Waals surface area contributed by atoms with Crippen molar-refractivity contribution in [3.05, 3.63) is 35.4 Å². The fourth-order valence-corrected chi connectivity index (χ4v) is 3.31. The summed E-state index contributed by atoms with van der Waals surface area (Å²) in [6.45, 7) is 3.96. The highest BCUT2D eigenvalue weighted by molar-refractivity contribution is 5.80. The standard InChI is InChI=1S/C17H25N3/c1-2-18-17(20-15-8-4-5-9-15)19-12-14-11-13-7-3-6-10-16(13)14/h3,6-7,10,14-15H,2,4-5,8-9,11-12H2,1H3,(H2,18,19,20). The summed E-state index contributed by atoms with van der Waals surface area (Å²) in [4.78, 5) is 4.79. The summed E-state index contributed by atoms with van der Waals surface area (Å²) in [5, 5.41) is 6.96. The van der Waals surface area contributed by atoms with E-state index in [2.05, 4.69) is 41.8 Å². The summed E-state index contributed by atoms with van der Waals surface area (Å²) in [5.41, 5.74) is 2.99. The maximum atomic E-state index is 4.79. The molecule has 2 aliphatic rings. The minimum absolute atomic E-state index is 0.616. The van der Waals surface area contributed by atoms with Gasteiger partial charge in [-0.05, 0) is 37.3 Å². The van der Waals surface area contributed by atoms with E-state index in [1.807, 2.05) is 0 Å². The van der Waals surface area contributed by atoms with Crippen LogP contribution in [0.5, 0.6) is 0 Å². The van der Waals surface area contributed by atoms with Crippen LogP contribution in [0.4, 0.5) is 0 Å². The summed E-state index contributed by atoms with van der Waals surface area (Å²) in [5.74, 6) is 1.62. The highest BCUT2D eigenvalue weighted by atomic mass is 15.2. The molecule has 1 atom stereocenters. The third kappa shape index (κ3) is 2.97. The Balaban J connectivity index is 1.57. The van der Waals surface area contributed by atoms with Gasteiger partial charge in [0.05, 0.1) is 0 Å². The van der Waals surface area contributed by atoms with Gasteiger partial charge >= 0.3 is 0 Å². The van der Waals surface area contributed by atoms with Gasteiger partial charge in [0.25, 0.3) is 0 Å². The van der Waals surface area contributed by atoms with Crippen LogP contribution in [0.15, 0.2) is 29.3 Å². The average Bonchev–Trinajstić information content (AvgIpc) is 2.93. The van der Waals surface area contributed by atoms with Crippen LogP contribution in [0, 0.1) is 0 Å². The molecule has 0 aromatic heterocycles. The third-order valence-electron chi connectivity index (χ3n) is 4.47. The quantitative estimate of drug-likeness (QED) is 0.652. The summed E-state index contributed by atoms with van der Waals surface area (Å²) >= 11 is 0. The van der Waals surface area contributed by atoms with Gasteiger partial charge in [-0.1, -0.05) is 37.1 Å². The normalized spacial score (nSPS) is 22.2. The van der Waals surface area contributed by atoms with Gasteiger partial charge in [-0.25, -0.2) is 0 Å². The molecule has 2 aliphatic carbocycles. The van der Waals surface area contributed by atoms with Crippen LogP contribution in [-0.4, -0.2) is 25.1 Å². The first-order valence-corrected chi connectivity index (χ1v) is 7.99. The van der Waals surface area contributed by atoms with Crippen LogP contribution in [-0.2, 0) is 6.42 Å². The summed E-state index contributed by atoms with van der Waals surface area (Å²) in [6, 6.07) is 9.37. The van der Waals surface area contributed by atoms with Crippen molar-refractivity contribution in [1.29, 1.82) is 0 Å². The molecular weight excluding hydrogens is 246 g/mol. The van der Waals surface area contributed by atoms with E-state index in [0.717, 1.165) is 19.0 Å². The van der Waals surface area contributed by atoms with Crippen molar-refractivity contribution in [2.75, 3.05) is 13.1 Å². The number of nitrogens with one attached hydrogen (secondary N) is 2. The molecule has 108 valence electrons. The lowest BCUT2D eigenvalue weighted by Gasteiger charge is -2.29. The smallest absolute Gasteiger partial charge is 0.191 e. The Hall–Kier alpha value is -1.51. The van der Waals surface area contributed by atoms with Crippen LogP contribution in [0.25, 0.3) is 0 Å². The second-order valence-electron chi connectivity index (χ2n) is 5.95. The lowest BCUT2D eigenvalue weighted by molar-refractivity contribution is 0.594. The zero-order valence-corrected chi connectivity index (χ0v) is 12.4. The topological polar surface area (TPSA) is 36.4 Å². The molecule has 2 N–H and O–H groups in total. The van der Waals surface area contributed by atoms with Crippen molar-refractivity contribution in [1.82, 2.24) is 10.6 Å². The lowest BCUT2D eigenvalue weighted by Crippen LogP contribution is -2.42. The minimum Gasteiger partial charge on any atom is -0.357 e. The second-order valence-corrected chi connectivity index (χ2v) is 5.95. The molecule has 3 rings (SSSR count). The lowest BCUT2D eigenvalue weighted by atomic mass is 9.78. The zero-order chi connectivity index (χ0) is 13.8. The molecule has 0 bridgehead atoms. The minimum atomic E-state index is 0.616. The van der Waals surface area contributed by atoms with E-state index in [0.29, 0.717) is 12.0 Å². The fourth-order valence-electron chi connectivity index (χ4n) is 3.31. The molecular formula is C17H25N3. The largest absolute Gasteiger partial charge is 0.357 e. The van der Waals surface area contributed by atoms with Gasteiger partial charge in [0.1, 0.15) is 0 Å². The van der Waals surface area contributed by atoms with E-state index in [1.165, 1.54) is 43.2 Å². The zero-order valence-electron chi connectivity index (χ0n) is 12.4. The Morgan fingerprint density at radius 3 is 2.80 bits per heavy atom. The molecule has 3 nitrogen and oxygen atoms in total. The van der Waals surface area contributed by atoms with Gasteiger partial charge in [0.15, 0.2) is 5.96 Å². The van der Waals surface area contributed by atoms with Crippen LogP contribution in [0.2, 0.25) is 0 Å². The molecule has 0 aliphatic heterocycles. The molecule has 0 saturated heterocycles. The molecule has 1 aromatic carbocycles. The van der Waals surface area contributed by atoms with E-state index in [1.54, 1.807) is 0 Å². The Labute approximate surface area is 121 Å². The van der Waals surface area contributed by atoms with Gasteiger partial charge < -0.3 is 10.6 Å². The Morgan fingerprint density at radius 2 is 2.05 bits per heavy atom. The summed E-state index contributed by atoms with van der Waals surface area (Å²) in [7, 11) is 0. The Bertz CT molecular complexity index is 475. The van der Waals surface area contributed by atoms with Crippen LogP contribution in [0.3, 0.4) is 0 Å². The van der Waals surface area contributed by atoms with Crippen LogP contribution < -0.4 is 10.6 Å². The molecule has 3 heteroatoms. The maximum Gasteiger partial charge on any atom is 0.191 e. The van der Waals surface area contributed by atoms with Crippen molar-refractivity contribution >= 4 is 5.96 Å². The van der Waals surface area contributed by atoms with E-state index in [-0.39, 0.29) is 0 Å². The highest BCUT2D eigenvalue weighted by Crippen LogP contribution is 2.34. The summed E-state index contributed by atoms with van der Waals surface area (Å²) < 4.78 is 0. The predicted molar refractivity (Wildman–Crippen MR) is 84.3 cm³/mol. The van der Waals surface area contributed by atoms with Gasteiger partial charge in [0.2, 0.25) is 0 Å². The number of hydrogen-bond donors (Lipinski definition) is 2. The van der Waals surface area contributed by atoms with E-state index >= 15 is 0 Å². The first-order valence-electron chi connectivity index (χ1n) is 7.99. The Kier molecular flexibility index (Phi) is 4.24. The molecule has 1 aromatic rings. The number of guanidine groups is 1. The van der Waals surface area contributed by atoms with Gasteiger partial charge in [0, 0.05) is 25.0 Å². The molecule has 20 heavy (non-hydrogen) atoms. The van der Waals surface area contributed by atoms with Crippen molar-refractivity contribution in [3.63, 3.8) is 0 Å². The average molecular weight is 271 g/mol. The van der Waals surface area contributed by atoms with E-state index < -0.39 is 0 Å². The molecule has 0 radical (unpaired) electrons. The number of rotatable bonds is 4. The van der Waals surface area contributed by atoms with Crippen molar-refractivity contribution in [2.24, 2.45) is 4.99 Å². The first kappa shape index (κ1) is 13.5. The second kappa shape index (κ2) is 6.29. The third-order valence-corrected chi connectivity index (χ3v) is 4.47. The van der Waals surface area contributed by atoms with Gasteiger partial charge in [-0.3, -0.25) is 4.99 Å². The van der Waals surface area contributed by atoms with E-state index in [9.17, 15) is 0 Å². The number of benzene rings is 1. The van der Waals surface area contributed by atoms with Crippen molar-refractivity contribution < 1.29 is 0 Å². The van der Waals surface area contributed by atoms with Crippen molar-refractivity contribution in [3.8, 4) is 0 Å². The van der Waals surface area contributed by atoms with Crippen LogP contribution in [0.1, 0.15) is 49.7 Å². The van der Waals surface area contributed by atoms with Crippen LogP contribution >= 0.6 is 0 Å². The fraction of sp³-hybridized carbons (Fsp3) is 0.588. The summed E-state index contributed by atoms with van der Waals surface area (Å²) in [6.07, 6.45) is 6.47. The highest BCUT2D eigenvalue weighted by Gasteiger charge is 2.25. The van der Waals surface area contributed by atoms with Gasteiger partial charge in [-0.2, -0.15) is 0 Å². The number of hydrogen-bond acceptors (Lipinski definition) is 1. The van der Waals surface area contributed by atoms with Gasteiger partial charge in [-0.15, -0.1) is 0 Å². The predicted octanol–water partition coefficient (Wildman–Crippen LogP) is 2.82. The SMILES string of the molecule is CCNC(=NCC1Cc2ccccc21)NC1CCCC1. The number of aliphatic imine (C=N–C) groups is 1. The first-order chi connectivity index (χ1) is 9.86. The molecule has 0 spiro atoms. The maximum absolute atomic E-state index is 4.79. The molecule has 1 unspecified atom stereocenters.